The van der Waals surface area contributed by atoms with E-state index in [-0.39, 0.29) is 5.91 Å². The van der Waals surface area contributed by atoms with E-state index in [4.69, 9.17) is 0 Å². The second-order valence-electron chi connectivity index (χ2n) is 5.35. The Hall–Kier alpha value is -1.35. The van der Waals surface area contributed by atoms with E-state index in [9.17, 15) is 4.79 Å². The molecule has 1 aromatic carbocycles. The van der Waals surface area contributed by atoms with Crippen LogP contribution in [0.25, 0.3) is 0 Å². The van der Waals surface area contributed by atoms with Gasteiger partial charge in [0.2, 0.25) is 0 Å². The summed E-state index contributed by atoms with van der Waals surface area (Å²) in [5.41, 5.74) is 2.02. The number of hydrogen-bond acceptors (Lipinski definition) is 2. The Balaban J connectivity index is 1.87. The number of hydrogen-bond donors (Lipinski definition) is 2. The van der Waals surface area contributed by atoms with E-state index in [1.807, 2.05) is 24.3 Å². The molecule has 2 rings (SSSR count). The molecule has 98 valence electrons. The Labute approximate surface area is 109 Å². The van der Waals surface area contributed by atoms with Gasteiger partial charge in [0.05, 0.1) is 0 Å². The van der Waals surface area contributed by atoms with E-state index >= 15 is 0 Å². The Morgan fingerprint density at radius 3 is 2.67 bits per heavy atom. The van der Waals surface area contributed by atoms with Crippen LogP contribution < -0.4 is 10.6 Å². The summed E-state index contributed by atoms with van der Waals surface area (Å²) in [4.78, 5) is 12.0. The summed E-state index contributed by atoms with van der Waals surface area (Å²) in [6.45, 7) is 7.18. The molecule has 1 saturated heterocycles. The summed E-state index contributed by atoms with van der Waals surface area (Å²) in [5.74, 6) is 1.13. The van der Waals surface area contributed by atoms with Crippen LogP contribution in [0.15, 0.2) is 24.3 Å². The molecule has 0 bridgehead atoms. The minimum absolute atomic E-state index is 0.0391. The molecule has 18 heavy (non-hydrogen) atoms. The number of rotatable bonds is 4. The van der Waals surface area contributed by atoms with E-state index in [1.54, 1.807) is 0 Å². The lowest BCUT2D eigenvalue weighted by Gasteiger charge is -2.11. The van der Waals surface area contributed by atoms with E-state index in [0.717, 1.165) is 31.6 Å². The lowest BCUT2D eigenvalue weighted by molar-refractivity contribution is 0.0948. The van der Waals surface area contributed by atoms with Crippen molar-refractivity contribution in [3.8, 4) is 0 Å². The van der Waals surface area contributed by atoms with Gasteiger partial charge in [-0.1, -0.05) is 26.0 Å². The van der Waals surface area contributed by atoms with Gasteiger partial charge in [-0.05, 0) is 49.0 Å². The SMILES string of the molecule is CC(C)c1ccc(C(=O)NCC2CCNC2)cc1. The maximum atomic E-state index is 12.0. The van der Waals surface area contributed by atoms with Crippen LogP contribution in [0.1, 0.15) is 42.1 Å². The number of carbonyl (C=O) groups excluding carboxylic acids is 1. The van der Waals surface area contributed by atoms with E-state index < -0.39 is 0 Å². The first-order valence-corrected chi connectivity index (χ1v) is 6.75. The smallest absolute Gasteiger partial charge is 0.251 e. The highest BCUT2D eigenvalue weighted by atomic mass is 16.1. The molecule has 1 fully saturated rings. The summed E-state index contributed by atoms with van der Waals surface area (Å²) < 4.78 is 0. The third kappa shape index (κ3) is 3.33. The number of nitrogens with one attached hydrogen (secondary N) is 2. The summed E-state index contributed by atoms with van der Waals surface area (Å²) in [5, 5.41) is 6.32. The van der Waals surface area contributed by atoms with Gasteiger partial charge >= 0.3 is 0 Å². The third-order valence-electron chi connectivity index (χ3n) is 3.55. The molecule has 1 aliphatic heterocycles. The van der Waals surface area contributed by atoms with Crippen LogP contribution in [-0.4, -0.2) is 25.5 Å². The van der Waals surface area contributed by atoms with Gasteiger partial charge in [-0.2, -0.15) is 0 Å². The Morgan fingerprint density at radius 1 is 1.39 bits per heavy atom. The molecule has 0 saturated carbocycles. The molecule has 1 aromatic rings. The molecule has 1 atom stereocenters. The van der Waals surface area contributed by atoms with Crippen molar-refractivity contribution in [1.82, 2.24) is 10.6 Å². The molecule has 0 radical (unpaired) electrons. The summed E-state index contributed by atoms with van der Waals surface area (Å²) in [7, 11) is 0. The fourth-order valence-electron chi connectivity index (χ4n) is 2.25. The van der Waals surface area contributed by atoms with Crippen LogP contribution in [0.4, 0.5) is 0 Å². The molecule has 1 aliphatic rings. The first kappa shape index (κ1) is 13.1. The molecule has 1 heterocycles. The molecule has 3 heteroatoms. The van der Waals surface area contributed by atoms with E-state index in [2.05, 4.69) is 24.5 Å². The maximum Gasteiger partial charge on any atom is 0.251 e. The number of benzene rings is 1. The van der Waals surface area contributed by atoms with Crippen molar-refractivity contribution in [1.29, 1.82) is 0 Å². The zero-order valence-corrected chi connectivity index (χ0v) is 11.2. The Kier molecular flexibility index (Phi) is 4.37. The van der Waals surface area contributed by atoms with Crippen molar-refractivity contribution in [2.24, 2.45) is 5.92 Å². The summed E-state index contributed by atoms with van der Waals surface area (Å²) in [6.07, 6.45) is 1.16. The molecule has 1 amide bonds. The van der Waals surface area contributed by atoms with Gasteiger partial charge < -0.3 is 10.6 Å². The van der Waals surface area contributed by atoms with Crippen LogP contribution >= 0.6 is 0 Å². The van der Waals surface area contributed by atoms with Gasteiger partial charge in [-0.3, -0.25) is 4.79 Å². The van der Waals surface area contributed by atoms with Gasteiger partial charge in [0.15, 0.2) is 0 Å². The fraction of sp³-hybridized carbons (Fsp3) is 0.533. The predicted octanol–water partition coefficient (Wildman–Crippen LogP) is 2.15. The summed E-state index contributed by atoms with van der Waals surface area (Å²) in [6, 6.07) is 7.91. The summed E-state index contributed by atoms with van der Waals surface area (Å²) >= 11 is 0. The largest absolute Gasteiger partial charge is 0.352 e. The van der Waals surface area contributed by atoms with Crippen molar-refractivity contribution in [3.63, 3.8) is 0 Å². The zero-order valence-electron chi connectivity index (χ0n) is 11.2. The van der Waals surface area contributed by atoms with Crippen LogP contribution in [-0.2, 0) is 0 Å². The predicted molar refractivity (Wildman–Crippen MR) is 73.8 cm³/mol. The molecule has 3 nitrogen and oxygen atoms in total. The minimum atomic E-state index is 0.0391. The normalized spacial score (nSPS) is 19.2. The highest BCUT2D eigenvalue weighted by molar-refractivity contribution is 5.94. The standard InChI is InChI=1S/C15H22N2O/c1-11(2)13-3-5-14(6-4-13)15(18)17-10-12-7-8-16-9-12/h3-6,11-12,16H,7-10H2,1-2H3,(H,17,18). The van der Waals surface area contributed by atoms with Gasteiger partial charge in [0.25, 0.3) is 5.91 Å². The average molecular weight is 246 g/mol. The van der Waals surface area contributed by atoms with Crippen LogP contribution in [0.2, 0.25) is 0 Å². The van der Waals surface area contributed by atoms with Crippen molar-refractivity contribution >= 4 is 5.91 Å². The van der Waals surface area contributed by atoms with Crippen LogP contribution in [0.5, 0.6) is 0 Å². The van der Waals surface area contributed by atoms with E-state index in [1.165, 1.54) is 5.56 Å². The van der Waals surface area contributed by atoms with Gasteiger partial charge in [0, 0.05) is 12.1 Å². The molecule has 0 aliphatic carbocycles. The highest BCUT2D eigenvalue weighted by Crippen LogP contribution is 2.14. The monoisotopic (exact) mass is 246 g/mol. The quantitative estimate of drug-likeness (QED) is 0.854. The van der Waals surface area contributed by atoms with Crippen molar-refractivity contribution < 1.29 is 4.79 Å². The Morgan fingerprint density at radius 2 is 2.11 bits per heavy atom. The topological polar surface area (TPSA) is 41.1 Å². The van der Waals surface area contributed by atoms with Gasteiger partial charge in [0.1, 0.15) is 0 Å². The third-order valence-corrected chi connectivity index (χ3v) is 3.55. The lowest BCUT2D eigenvalue weighted by atomic mass is 10.0. The maximum absolute atomic E-state index is 12.0. The van der Waals surface area contributed by atoms with Gasteiger partial charge in [-0.15, -0.1) is 0 Å². The first-order valence-electron chi connectivity index (χ1n) is 6.75. The molecule has 1 unspecified atom stereocenters. The van der Waals surface area contributed by atoms with Crippen LogP contribution in [0, 0.1) is 5.92 Å². The average Bonchev–Trinajstić information content (AvgIpc) is 2.89. The molecule has 0 spiro atoms. The minimum Gasteiger partial charge on any atom is -0.352 e. The molecule has 2 N–H and O–H groups in total. The van der Waals surface area contributed by atoms with Crippen molar-refractivity contribution in [3.05, 3.63) is 35.4 Å². The van der Waals surface area contributed by atoms with Crippen molar-refractivity contribution in [2.75, 3.05) is 19.6 Å². The van der Waals surface area contributed by atoms with E-state index in [0.29, 0.717) is 11.8 Å². The second-order valence-corrected chi connectivity index (χ2v) is 5.35. The molecular weight excluding hydrogens is 224 g/mol. The number of carbonyl (C=O) groups is 1. The van der Waals surface area contributed by atoms with Crippen LogP contribution in [0.3, 0.4) is 0 Å². The Bertz CT molecular complexity index is 391. The van der Waals surface area contributed by atoms with Gasteiger partial charge in [-0.25, -0.2) is 0 Å². The zero-order chi connectivity index (χ0) is 13.0. The molecule has 0 aromatic heterocycles. The second kappa shape index (κ2) is 6.01. The lowest BCUT2D eigenvalue weighted by Crippen LogP contribution is -2.30. The molecular formula is C15H22N2O. The number of amides is 1. The van der Waals surface area contributed by atoms with Crippen molar-refractivity contribution in [2.45, 2.75) is 26.2 Å². The first-order chi connectivity index (χ1) is 8.66. The highest BCUT2D eigenvalue weighted by Gasteiger charge is 2.15. The fourth-order valence-corrected chi connectivity index (χ4v) is 2.25.